The second-order valence-electron chi connectivity index (χ2n) is 3.00. The minimum atomic E-state index is -2.38. The summed E-state index contributed by atoms with van der Waals surface area (Å²) in [6, 6.07) is 0. The van der Waals surface area contributed by atoms with Crippen LogP contribution in [0.1, 0.15) is 0 Å². The van der Waals surface area contributed by atoms with Crippen molar-refractivity contribution in [3.05, 3.63) is 62.6 Å². The van der Waals surface area contributed by atoms with E-state index in [-0.39, 0.29) is 0 Å². The second-order valence-corrected chi connectivity index (χ2v) is 44.5. The van der Waals surface area contributed by atoms with Crippen LogP contribution in [0, 0.1) is 0 Å². The van der Waals surface area contributed by atoms with Gasteiger partial charge in [0.15, 0.2) is 0 Å². The van der Waals surface area contributed by atoms with Gasteiger partial charge in [0, 0.05) is 0 Å². The average molecular weight is 404 g/mol. The van der Waals surface area contributed by atoms with Crippen LogP contribution >= 0.6 is 0 Å². The van der Waals surface area contributed by atoms with Crippen LogP contribution in [-0.4, -0.2) is 28.1 Å². The van der Waals surface area contributed by atoms with E-state index in [0.29, 0.717) is 0 Å². The van der Waals surface area contributed by atoms with Gasteiger partial charge < -0.3 is 0 Å². The normalized spacial score (nSPS) is 21.1. The van der Waals surface area contributed by atoms with Crippen molar-refractivity contribution in [1.29, 1.82) is 0 Å². The number of rotatable bonds is 4. The van der Waals surface area contributed by atoms with E-state index in [0.717, 1.165) is 0 Å². The van der Waals surface area contributed by atoms with Crippen LogP contribution in [0.15, 0.2) is 62.6 Å². The van der Waals surface area contributed by atoms with Crippen LogP contribution in [0.4, 0.5) is 0 Å². The summed E-state index contributed by atoms with van der Waals surface area (Å²) in [5.74, 6) is 0. The molecule has 0 aromatic heterocycles. The molecule has 14 heavy (non-hydrogen) atoms. The summed E-state index contributed by atoms with van der Waals surface area (Å²) in [4.78, 5) is 0. The van der Waals surface area contributed by atoms with Crippen molar-refractivity contribution in [2.24, 2.45) is 0 Å². The molecule has 0 saturated heterocycles. The molecule has 0 amide bonds. The van der Waals surface area contributed by atoms with Gasteiger partial charge in [-0.2, -0.15) is 0 Å². The molecule has 0 fully saturated rings. The monoisotopic (exact) mass is 402 g/mol. The van der Waals surface area contributed by atoms with Crippen molar-refractivity contribution in [3.63, 3.8) is 0 Å². The standard InChI is InChI=1S/C4H4.4C2H3.2Sb/c1-3-4-2;4*1-2;;/h1-4H;4*1H,2H2;;. The first-order chi connectivity index (χ1) is 6.70. The van der Waals surface area contributed by atoms with Gasteiger partial charge in [0.1, 0.15) is 0 Å². The van der Waals surface area contributed by atoms with Crippen molar-refractivity contribution in [2.75, 3.05) is 0 Å². The van der Waals surface area contributed by atoms with Crippen molar-refractivity contribution in [2.45, 2.75) is 0 Å². The molecule has 0 atom stereocenters. The fourth-order valence-corrected chi connectivity index (χ4v) is 43.9. The van der Waals surface area contributed by atoms with E-state index in [1.54, 1.807) is 0 Å². The summed E-state index contributed by atoms with van der Waals surface area (Å²) in [6.07, 6.45) is 4.27. The van der Waals surface area contributed by atoms with Crippen LogP contribution < -0.4 is 0 Å². The molecule has 1 aliphatic heterocycles. The zero-order valence-electron chi connectivity index (χ0n) is 8.34. The molecule has 0 nitrogen and oxygen atoms in total. The molecule has 0 saturated carbocycles. The van der Waals surface area contributed by atoms with Gasteiger partial charge in [-0.1, -0.05) is 0 Å². The van der Waals surface area contributed by atoms with E-state index in [9.17, 15) is 0 Å². The quantitative estimate of drug-likeness (QED) is 0.633. The molecule has 0 aromatic carbocycles. The molecule has 0 unspecified atom stereocenters. The van der Waals surface area contributed by atoms with Gasteiger partial charge in [0.05, 0.1) is 0 Å². The molecule has 0 N–H and O–H groups in total. The molecule has 0 aliphatic carbocycles. The molecule has 1 rings (SSSR count). The van der Waals surface area contributed by atoms with Gasteiger partial charge in [0.2, 0.25) is 0 Å². The Balaban J connectivity index is 3.84. The van der Waals surface area contributed by atoms with E-state index in [4.69, 9.17) is 0 Å². The Labute approximate surface area is 89.6 Å². The predicted molar refractivity (Wildman–Crippen MR) is 70.6 cm³/mol. The van der Waals surface area contributed by atoms with Gasteiger partial charge in [-0.15, -0.1) is 0 Å². The van der Waals surface area contributed by atoms with Crippen LogP contribution in [0.5, 0.6) is 0 Å². The average Bonchev–Trinajstić information content (AvgIpc) is 2.28. The molecule has 2 heteroatoms. The first-order valence-corrected chi connectivity index (χ1v) is 22.0. The zero-order valence-corrected chi connectivity index (χ0v) is 13.4. The number of allylic oxidation sites excluding steroid dienone is 2. The molecule has 74 valence electrons. The molecule has 0 radical (unpaired) electrons. The van der Waals surface area contributed by atoms with E-state index in [1.807, 2.05) is 0 Å². The second kappa shape index (κ2) is 4.73. The summed E-state index contributed by atoms with van der Waals surface area (Å²) in [5, 5.41) is 0. The van der Waals surface area contributed by atoms with Gasteiger partial charge in [-0.05, 0) is 0 Å². The van der Waals surface area contributed by atoms with Crippen molar-refractivity contribution >= 4 is 28.1 Å². The Morgan fingerprint density at radius 2 is 0.929 bits per heavy atom. The maximum absolute atomic E-state index is 4.01. The fraction of sp³-hybridized carbons (Fsp3) is 0. The first-order valence-electron chi connectivity index (χ1n) is 4.38. The number of hydrogen-bond acceptors (Lipinski definition) is 0. The fourth-order valence-electron chi connectivity index (χ4n) is 1.56. The molecule has 0 spiro atoms. The number of hydrogen-bond donors (Lipinski definition) is 0. The molecule has 0 bridgehead atoms. The SMILES string of the molecule is C=[CH][Sb]1([CH]=C)=[Sb]([CH]=C)([CH]=C)[CH]=CC=[CH]1. The zero-order chi connectivity index (χ0) is 10.7. The summed E-state index contributed by atoms with van der Waals surface area (Å²) in [7, 11) is 0. The first kappa shape index (κ1) is 12.1. The Kier molecular flexibility index (Phi) is 4.11. The summed E-state index contributed by atoms with van der Waals surface area (Å²) >= 11 is -4.77. The van der Waals surface area contributed by atoms with Crippen LogP contribution in [0.3, 0.4) is 0 Å². The van der Waals surface area contributed by atoms with Gasteiger partial charge in [-0.3, -0.25) is 0 Å². The van der Waals surface area contributed by atoms with Crippen molar-refractivity contribution in [3.8, 4) is 0 Å². The molecular weight excluding hydrogens is 388 g/mol. The Hall–Kier alpha value is 0.0764. The summed E-state index contributed by atoms with van der Waals surface area (Å²) < 4.78 is 13.4. The minimum absolute atomic E-state index is 2.13. The van der Waals surface area contributed by atoms with Gasteiger partial charge in [-0.25, -0.2) is 0 Å². The van der Waals surface area contributed by atoms with E-state index >= 15 is 0 Å². The van der Waals surface area contributed by atoms with Gasteiger partial charge >= 0.3 is 90.7 Å². The predicted octanol–water partition coefficient (Wildman–Crippen LogP) is 3.07. The molecule has 0 aromatic rings. The van der Waals surface area contributed by atoms with Crippen molar-refractivity contribution in [1.82, 2.24) is 0 Å². The van der Waals surface area contributed by atoms with E-state index in [2.05, 4.69) is 62.6 Å². The third-order valence-electron chi connectivity index (χ3n) is 2.53. The summed E-state index contributed by atoms with van der Waals surface area (Å²) in [6.45, 7) is 16.0. The Bertz CT molecular complexity index is 356. The topological polar surface area (TPSA) is 0 Å². The van der Waals surface area contributed by atoms with E-state index in [1.165, 1.54) is 0 Å². The Morgan fingerprint density at radius 3 is 1.14 bits per heavy atom. The molecular formula is C12H16Sb2. The van der Waals surface area contributed by atoms with E-state index < -0.39 is 28.1 Å². The van der Waals surface area contributed by atoms with Crippen molar-refractivity contribution < 1.29 is 0 Å². The molecule has 1 heterocycles. The third kappa shape index (κ3) is 1.64. The van der Waals surface area contributed by atoms with Crippen LogP contribution in [-0.2, 0) is 0 Å². The maximum atomic E-state index is 4.01. The third-order valence-corrected chi connectivity index (χ3v) is 56.9. The molecule has 1 aliphatic rings. The van der Waals surface area contributed by atoms with Crippen LogP contribution in [0.2, 0.25) is 0 Å². The van der Waals surface area contributed by atoms with Crippen LogP contribution in [0.25, 0.3) is 0 Å². The van der Waals surface area contributed by atoms with Gasteiger partial charge in [0.25, 0.3) is 0 Å². The summed E-state index contributed by atoms with van der Waals surface area (Å²) in [5.41, 5.74) is 0. The Morgan fingerprint density at radius 1 is 0.643 bits per heavy atom.